The second-order valence-electron chi connectivity index (χ2n) is 8.72. The van der Waals surface area contributed by atoms with Gasteiger partial charge in [-0.1, -0.05) is 12.1 Å². The summed E-state index contributed by atoms with van der Waals surface area (Å²) >= 11 is 0. The minimum Gasteiger partial charge on any atom is -0.464 e. The number of hydrogen-bond donors (Lipinski definition) is 3. The van der Waals surface area contributed by atoms with Gasteiger partial charge in [-0.05, 0) is 44.0 Å². The summed E-state index contributed by atoms with van der Waals surface area (Å²) in [5.41, 5.74) is 1.17. The highest BCUT2D eigenvalue weighted by Gasteiger charge is 2.50. The number of fused-ring (bicyclic) bond motifs is 1. The highest BCUT2D eigenvalue weighted by molar-refractivity contribution is 5.94. The van der Waals surface area contributed by atoms with Crippen LogP contribution in [0.1, 0.15) is 41.9 Å². The van der Waals surface area contributed by atoms with Crippen molar-refractivity contribution in [2.24, 2.45) is 0 Å². The highest BCUT2D eigenvalue weighted by atomic mass is 19.1. The van der Waals surface area contributed by atoms with Crippen molar-refractivity contribution < 1.29 is 24.1 Å². The number of amides is 1. The van der Waals surface area contributed by atoms with Crippen molar-refractivity contribution in [1.82, 2.24) is 9.80 Å². The SMILES string of the molecule is C[C@@H]1CN(C(O)C2(O)CC2)CCN1C(=O)c1ccc(C2Nc3ccc(F)cc3O2)cc1. The average Bonchev–Trinajstić information content (AvgIpc) is 3.38. The van der Waals surface area contributed by atoms with Crippen molar-refractivity contribution in [2.45, 2.75) is 43.9 Å². The summed E-state index contributed by atoms with van der Waals surface area (Å²) in [4.78, 5) is 16.7. The molecule has 3 aliphatic rings. The number of nitrogens with zero attached hydrogens (tertiary/aromatic N) is 2. The first kappa shape index (κ1) is 20.2. The molecule has 3 atom stereocenters. The van der Waals surface area contributed by atoms with Crippen LogP contribution in [0.5, 0.6) is 5.75 Å². The molecular weight excluding hydrogens is 401 g/mol. The Labute approximate surface area is 180 Å². The Balaban J connectivity index is 1.23. The average molecular weight is 427 g/mol. The maximum absolute atomic E-state index is 13.4. The third kappa shape index (κ3) is 3.75. The first-order valence-corrected chi connectivity index (χ1v) is 10.6. The van der Waals surface area contributed by atoms with Gasteiger partial charge >= 0.3 is 0 Å². The zero-order valence-corrected chi connectivity index (χ0v) is 17.3. The van der Waals surface area contributed by atoms with Crippen molar-refractivity contribution in [3.05, 3.63) is 59.4 Å². The van der Waals surface area contributed by atoms with Gasteiger partial charge < -0.3 is 25.2 Å². The molecule has 5 rings (SSSR count). The lowest BCUT2D eigenvalue weighted by Gasteiger charge is -2.42. The summed E-state index contributed by atoms with van der Waals surface area (Å²) in [6.07, 6.45) is -0.0672. The Morgan fingerprint density at radius 3 is 2.65 bits per heavy atom. The second-order valence-corrected chi connectivity index (χ2v) is 8.72. The van der Waals surface area contributed by atoms with Crippen LogP contribution in [-0.4, -0.2) is 63.4 Å². The third-order valence-electron chi connectivity index (χ3n) is 6.44. The van der Waals surface area contributed by atoms with E-state index in [0.29, 0.717) is 43.8 Å². The fourth-order valence-electron chi connectivity index (χ4n) is 4.36. The second kappa shape index (κ2) is 7.47. The standard InChI is InChI=1S/C23H26FN3O4/c1-14-13-26(22(29)23(30)8-9-23)10-11-27(14)21(28)16-4-2-15(3-5-16)20-25-18-7-6-17(24)12-19(18)31-20/h2-7,12,14,20,22,25,29-30H,8-11,13H2,1H3/t14-,20?,22?/m1/s1. The molecule has 1 saturated carbocycles. The molecule has 8 heteroatoms. The first-order chi connectivity index (χ1) is 14.8. The lowest BCUT2D eigenvalue weighted by Crippen LogP contribution is -2.59. The van der Waals surface area contributed by atoms with Gasteiger partial charge in [0.05, 0.1) is 5.69 Å². The number of hydrogen-bond acceptors (Lipinski definition) is 6. The molecule has 2 fully saturated rings. The number of aliphatic hydroxyl groups excluding tert-OH is 1. The number of rotatable bonds is 4. The molecule has 0 spiro atoms. The normalized spacial score (nSPS) is 25.4. The van der Waals surface area contributed by atoms with Gasteiger partial charge in [-0.3, -0.25) is 9.69 Å². The van der Waals surface area contributed by atoms with E-state index in [-0.39, 0.29) is 17.8 Å². The zero-order valence-electron chi connectivity index (χ0n) is 17.3. The topological polar surface area (TPSA) is 85.3 Å². The number of nitrogens with one attached hydrogen (secondary N) is 1. The molecular formula is C23H26FN3O4. The van der Waals surface area contributed by atoms with Crippen molar-refractivity contribution in [3.8, 4) is 5.75 Å². The van der Waals surface area contributed by atoms with Crippen LogP contribution < -0.4 is 10.1 Å². The Hall–Kier alpha value is -2.68. The summed E-state index contributed by atoms with van der Waals surface area (Å²) in [5.74, 6) is 0.0500. The van der Waals surface area contributed by atoms with E-state index in [1.54, 1.807) is 23.1 Å². The molecule has 2 aromatic rings. The molecule has 0 aromatic heterocycles. The fraction of sp³-hybridized carbons (Fsp3) is 0.435. The lowest BCUT2D eigenvalue weighted by atomic mass is 10.1. The predicted octanol–water partition coefficient (Wildman–Crippen LogP) is 2.32. The molecule has 164 valence electrons. The summed E-state index contributed by atoms with van der Waals surface area (Å²) < 4.78 is 19.2. The van der Waals surface area contributed by atoms with Gasteiger partial charge in [0, 0.05) is 42.9 Å². The maximum atomic E-state index is 13.4. The van der Waals surface area contributed by atoms with Crippen LogP contribution in [0, 0.1) is 5.82 Å². The Morgan fingerprint density at radius 1 is 1.23 bits per heavy atom. The molecule has 2 aliphatic heterocycles. The lowest BCUT2D eigenvalue weighted by molar-refractivity contribution is -0.114. The molecule has 0 radical (unpaired) electrons. The number of piperazine rings is 1. The van der Waals surface area contributed by atoms with Crippen molar-refractivity contribution in [1.29, 1.82) is 0 Å². The molecule has 3 N–H and O–H groups in total. The molecule has 1 aliphatic carbocycles. The zero-order chi connectivity index (χ0) is 21.8. The van der Waals surface area contributed by atoms with Crippen molar-refractivity contribution >= 4 is 11.6 Å². The Bertz CT molecular complexity index is 995. The van der Waals surface area contributed by atoms with Crippen LogP contribution in [0.15, 0.2) is 42.5 Å². The minimum absolute atomic E-state index is 0.0658. The quantitative estimate of drug-likeness (QED) is 0.695. The molecule has 1 saturated heterocycles. The molecule has 2 unspecified atom stereocenters. The summed E-state index contributed by atoms with van der Waals surface area (Å²) in [6.45, 7) is 3.48. The molecule has 2 aromatic carbocycles. The van der Waals surface area contributed by atoms with Crippen LogP contribution in [0.3, 0.4) is 0 Å². The number of carbonyl (C=O) groups excluding carboxylic acids is 1. The molecule has 7 nitrogen and oxygen atoms in total. The minimum atomic E-state index is -0.983. The summed E-state index contributed by atoms with van der Waals surface area (Å²) in [5, 5.41) is 23.7. The third-order valence-corrected chi connectivity index (χ3v) is 6.44. The van der Waals surface area contributed by atoms with Crippen LogP contribution in [-0.2, 0) is 0 Å². The van der Waals surface area contributed by atoms with E-state index in [1.807, 2.05) is 24.0 Å². The fourth-order valence-corrected chi connectivity index (χ4v) is 4.36. The van der Waals surface area contributed by atoms with E-state index in [0.717, 1.165) is 11.3 Å². The number of benzene rings is 2. The van der Waals surface area contributed by atoms with Gasteiger partial charge in [0.25, 0.3) is 5.91 Å². The van der Waals surface area contributed by atoms with E-state index in [2.05, 4.69) is 5.32 Å². The van der Waals surface area contributed by atoms with Gasteiger partial charge in [0.1, 0.15) is 23.4 Å². The monoisotopic (exact) mass is 427 g/mol. The first-order valence-electron chi connectivity index (χ1n) is 10.6. The van der Waals surface area contributed by atoms with E-state index >= 15 is 0 Å². The predicted molar refractivity (Wildman–Crippen MR) is 112 cm³/mol. The van der Waals surface area contributed by atoms with Crippen molar-refractivity contribution in [3.63, 3.8) is 0 Å². The van der Waals surface area contributed by atoms with Gasteiger partial charge in [-0.15, -0.1) is 0 Å². The number of halogens is 1. The van der Waals surface area contributed by atoms with Crippen LogP contribution >= 0.6 is 0 Å². The van der Waals surface area contributed by atoms with Gasteiger partial charge in [0.15, 0.2) is 6.23 Å². The number of aliphatic hydroxyl groups is 2. The van der Waals surface area contributed by atoms with E-state index in [4.69, 9.17) is 4.74 Å². The van der Waals surface area contributed by atoms with E-state index in [9.17, 15) is 19.4 Å². The Morgan fingerprint density at radius 2 is 1.97 bits per heavy atom. The molecule has 31 heavy (non-hydrogen) atoms. The van der Waals surface area contributed by atoms with Gasteiger partial charge in [0.2, 0.25) is 0 Å². The van der Waals surface area contributed by atoms with Crippen LogP contribution in [0.25, 0.3) is 0 Å². The molecule has 1 amide bonds. The van der Waals surface area contributed by atoms with Gasteiger partial charge in [-0.25, -0.2) is 4.39 Å². The summed E-state index contributed by atoms with van der Waals surface area (Å²) in [7, 11) is 0. The highest BCUT2D eigenvalue weighted by Crippen LogP contribution is 2.40. The summed E-state index contributed by atoms with van der Waals surface area (Å²) in [6, 6.07) is 11.5. The van der Waals surface area contributed by atoms with Crippen molar-refractivity contribution in [2.75, 3.05) is 25.0 Å². The number of carbonyl (C=O) groups is 1. The van der Waals surface area contributed by atoms with Crippen LogP contribution in [0.2, 0.25) is 0 Å². The maximum Gasteiger partial charge on any atom is 0.254 e. The van der Waals surface area contributed by atoms with Crippen LogP contribution in [0.4, 0.5) is 10.1 Å². The smallest absolute Gasteiger partial charge is 0.254 e. The number of ether oxygens (including phenoxy) is 1. The molecule has 2 heterocycles. The number of anilines is 1. The van der Waals surface area contributed by atoms with E-state index in [1.165, 1.54) is 12.1 Å². The van der Waals surface area contributed by atoms with Gasteiger partial charge in [-0.2, -0.15) is 0 Å². The van der Waals surface area contributed by atoms with E-state index < -0.39 is 18.1 Å². The molecule has 0 bridgehead atoms. The largest absolute Gasteiger partial charge is 0.464 e. The Kier molecular flexibility index (Phi) is 4.88.